The Hall–Kier alpha value is -5.04. The second kappa shape index (κ2) is 13.5. The fourth-order valence-electron chi connectivity index (χ4n) is 5.79. The molecule has 0 bridgehead atoms. The third kappa shape index (κ3) is 6.50. The van der Waals surface area contributed by atoms with Gasteiger partial charge in [-0.1, -0.05) is 13.0 Å². The Morgan fingerprint density at radius 2 is 1.76 bits per heavy atom. The molecule has 242 valence electrons. The highest BCUT2D eigenvalue weighted by Crippen LogP contribution is 2.40. The van der Waals surface area contributed by atoms with Crippen LogP contribution in [0, 0.1) is 0 Å². The fourth-order valence-corrected chi connectivity index (χ4v) is 6.93. The zero-order valence-electron chi connectivity index (χ0n) is 26.1. The molecule has 1 aliphatic heterocycles. The number of aromatic nitrogens is 1. The highest BCUT2D eigenvalue weighted by Gasteiger charge is 2.37. The molecule has 1 aliphatic rings. The van der Waals surface area contributed by atoms with Gasteiger partial charge in [-0.3, -0.25) is 10.1 Å². The van der Waals surface area contributed by atoms with Gasteiger partial charge in [-0.05, 0) is 84.0 Å². The summed E-state index contributed by atoms with van der Waals surface area (Å²) in [5, 5.41) is 7.64. The van der Waals surface area contributed by atoms with Crippen molar-refractivity contribution < 1.29 is 32.2 Å². The van der Waals surface area contributed by atoms with Gasteiger partial charge in [0.05, 0.1) is 38.0 Å². The maximum atomic E-state index is 14.7. The maximum absolute atomic E-state index is 14.7. The van der Waals surface area contributed by atoms with Crippen LogP contribution < -0.4 is 25.8 Å². The van der Waals surface area contributed by atoms with Gasteiger partial charge in [0.1, 0.15) is 11.9 Å². The summed E-state index contributed by atoms with van der Waals surface area (Å²) in [5.74, 6) is 0.971. The minimum Gasteiger partial charge on any atom is -0.493 e. The van der Waals surface area contributed by atoms with E-state index >= 15 is 0 Å². The van der Waals surface area contributed by atoms with Crippen molar-refractivity contribution in [3.05, 3.63) is 78.0 Å². The molecule has 0 radical (unpaired) electrons. The summed E-state index contributed by atoms with van der Waals surface area (Å²) in [7, 11) is 0.630. The van der Waals surface area contributed by atoms with Gasteiger partial charge in [0.2, 0.25) is 5.91 Å². The minimum absolute atomic E-state index is 0.117. The average Bonchev–Trinajstić information content (AvgIpc) is 3.56. The monoisotopic (exact) mass is 647 g/mol. The predicted molar refractivity (Wildman–Crippen MR) is 176 cm³/mol. The Morgan fingerprint density at radius 1 is 1.00 bits per heavy atom. The van der Waals surface area contributed by atoms with Gasteiger partial charge in [0.25, 0.3) is 0 Å². The van der Waals surface area contributed by atoms with E-state index in [1.165, 1.54) is 33.5 Å². The molecule has 2 atom stereocenters. The van der Waals surface area contributed by atoms with Crippen LogP contribution in [0.4, 0.5) is 22.0 Å². The Bertz CT molecular complexity index is 1880. The fraction of sp³-hybridized carbons (Fsp3) is 0.303. The number of amides is 2. The number of hydrogen-bond acceptors (Lipinski definition) is 10. The number of hydrogen-bond donors (Lipinski definition) is 3. The first-order chi connectivity index (χ1) is 22.1. The number of anilines is 3. The van der Waals surface area contributed by atoms with Crippen LogP contribution in [0.15, 0.2) is 71.8 Å². The summed E-state index contributed by atoms with van der Waals surface area (Å²) in [4.78, 5) is 32.6. The molecule has 0 spiro atoms. The summed E-state index contributed by atoms with van der Waals surface area (Å²) < 4.78 is 42.2. The van der Waals surface area contributed by atoms with Crippen LogP contribution in [-0.4, -0.2) is 63.9 Å². The van der Waals surface area contributed by atoms with Gasteiger partial charge in [0.15, 0.2) is 21.3 Å². The number of nitrogens with two attached hydrogens (primary N) is 1. The van der Waals surface area contributed by atoms with E-state index in [-0.39, 0.29) is 16.6 Å². The molecule has 2 amide bonds. The molecule has 13 heteroatoms. The van der Waals surface area contributed by atoms with Gasteiger partial charge in [-0.15, -0.1) is 0 Å². The van der Waals surface area contributed by atoms with Crippen molar-refractivity contribution in [3.63, 3.8) is 0 Å². The van der Waals surface area contributed by atoms with Gasteiger partial charge in [0, 0.05) is 29.5 Å². The first-order valence-electron chi connectivity index (χ1n) is 14.7. The molecular formula is C33H37N5O7S. The molecule has 1 aromatic heterocycles. The zero-order valence-corrected chi connectivity index (χ0v) is 26.9. The van der Waals surface area contributed by atoms with Crippen molar-refractivity contribution in [1.29, 1.82) is 0 Å². The van der Waals surface area contributed by atoms with Crippen LogP contribution >= 0.6 is 0 Å². The van der Waals surface area contributed by atoms with Crippen molar-refractivity contribution in [2.75, 3.05) is 50.0 Å². The van der Waals surface area contributed by atoms with Crippen molar-refractivity contribution in [2.45, 2.75) is 36.7 Å². The van der Waals surface area contributed by atoms with Crippen LogP contribution in [0.25, 0.3) is 10.8 Å². The topological polar surface area (TPSA) is 162 Å². The number of carbonyl (C=O) groups is 2. The molecule has 12 nitrogen and oxygen atoms in total. The van der Waals surface area contributed by atoms with E-state index in [4.69, 9.17) is 19.9 Å². The standard InChI is InChI=1S/C33H37N5O7S/c1-5-46(41,42)29-13-10-23(37-33(40)45-4)19-25(29)26-7-6-16-38(26)32(39)30(21-8-12-27(43-2)28(18-21)44-3)36-22-9-11-24-20(17-22)14-15-35-31(24)34/h8-15,17-19,26,30,36H,5-7,16H2,1-4H3,(H2,34,35)(H,37,40)/t26-,30+/m1/s1. The molecule has 1 saturated heterocycles. The van der Waals surface area contributed by atoms with Crippen LogP contribution in [-0.2, 0) is 19.4 Å². The SMILES string of the molecule is CCS(=O)(=O)c1ccc(NC(=O)OC)cc1[C@H]1CCCN1C(=O)[C@@H](Nc1ccc2c(N)nccc2c1)c1ccc(OC)c(OC)c1. The van der Waals surface area contributed by atoms with Crippen LogP contribution in [0.3, 0.4) is 0 Å². The molecule has 0 saturated carbocycles. The lowest BCUT2D eigenvalue weighted by molar-refractivity contribution is -0.133. The Morgan fingerprint density at radius 3 is 2.48 bits per heavy atom. The van der Waals surface area contributed by atoms with Crippen molar-refractivity contribution >= 4 is 49.8 Å². The van der Waals surface area contributed by atoms with E-state index < -0.39 is 28.0 Å². The normalized spacial score (nSPS) is 15.3. The van der Waals surface area contributed by atoms with E-state index in [1.54, 1.807) is 42.3 Å². The molecule has 46 heavy (non-hydrogen) atoms. The van der Waals surface area contributed by atoms with Gasteiger partial charge in [-0.25, -0.2) is 18.2 Å². The van der Waals surface area contributed by atoms with Crippen molar-refractivity contribution in [2.24, 2.45) is 0 Å². The van der Waals surface area contributed by atoms with Crippen molar-refractivity contribution in [1.82, 2.24) is 9.88 Å². The highest BCUT2D eigenvalue weighted by molar-refractivity contribution is 7.91. The van der Waals surface area contributed by atoms with Crippen LogP contribution in [0.5, 0.6) is 11.5 Å². The highest BCUT2D eigenvalue weighted by atomic mass is 32.2. The molecule has 5 rings (SSSR count). The Balaban J connectivity index is 1.59. The minimum atomic E-state index is -3.67. The number of likely N-dealkylation sites (tertiary alicyclic amines) is 1. The first-order valence-corrected chi connectivity index (χ1v) is 16.4. The van der Waals surface area contributed by atoms with E-state index in [2.05, 4.69) is 15.6 Å². The number of ether oxygens (including phenoxy) is 3. The van der Waals surface area contributed by atoms with Gasteiger partial charge >= 0.3 is 6.09 Å². The third-order valence-corrected chi connectivity index (χ3v) is 9.95. The molecule has 0 unspecified atom stereocenters. The second-order valence-corrected chi connectivity index (χ2v) is 13.0. The quantitative estimate of drug-likeness (QED) is 0.205. The third-order valence-electron chi connectivity index (χ3n) is 8.15. The van der Waals surface area contributed by atoms with Crippen LogP contribution in [0.2, 0.25) is 0 Å². The molecule has 4 aromatic rings. The van der Waals surface area contributed by atoms with Crippen LogP contribution in [0.1, 0.15) is 43.0 Å². The molecule has 1 fully saturated rings. The number of nitrogen functional groups attached to an aromatic ring is 1. The van der Waals surface area contributed by atoms with Crippen molar-refractivity contribution in [3.8, 4) is 11.5 Å². The lowest BCUT2D eigenvalue weighted by Gasteiger charge is -2.31. The number of nitrogens with one attached hydrogen (secondary N) is 2. The lowest BCUT2D eigenvalue weighted by atomic mass is 10.00. The number of methoxy groups -OCH3 is 3. The summed E-state index contributed by atoms with van der Waals surface area (Å²) in [6.07, 6.45) is 2.11. The number of nitrogens with zero attached hydrogens (tertiary/aromatic N) is 2. The maximum Gasteiger partial charge on any atom is 0.411 e. The van der Waals surface area contributed by atoms with E-state index in [1.807, 2.05) is 24.3 Å². The average molecular weight is 648 g/mol. The number of benzene rings is 3. The Labute approximate surface area is 267 Å². The Kier molecular flexibility index (Phi) is 9.52. The van der Waals surface area contributed by atoms with E-state index in [9.17, 15) is 18.0 Å². The molecule has 4 N–H and O–H groups in total. The molecule has 0 aliphatic carbocycles. The zero-order chi connectivity index (χ0) is 33.0. The molecule has 2 heterocycles. The smallest absolute Gasteiger partial charge is 0.411 e. The summed E-state index contributed by atoms with van der Waals surface area (Å²) >= 11 is 0. The number of carbonyl (C=O) groups excluding carboxylic acids is 2. The molecular weight excluding hydrogens is 610 g/mol. The summed E-state index contributed by atoms with van der Waals surface area (Å²) in [6, 6.07) is 15.8. The second-order valence-electron chi connectivity index (χ2n) is 10.8. The molecule has 3 aromatic carbocycles. The van der Waals surface area contributed by atoms with E-state index in [0.29, 0.717) is 59.2 Å². The number of pyridine rings is 1. The largest absolute Gasteiger partial charge is 0.493 e. The first kappa shape index (κ1) is 32.4. The number of sulfone groups is 1. The predicted octanol–water partition coefficient (Wildman–Crippen LogP) is 5.32. The summed E-state index contributed by atoms with van der Waals surface area (Å²) in [6.45, 7) is 1.97. The summed E-state index contributed by atoms with van der Waals surface area (Å²) in [5.41, 5.74) is 8.14. The van der Waals surface area contributed by atoms with Gasteiger partial charge in [-0.2, -0.15) is 0 Å². The number of rotatable bonds is 10. The van der Waals surface area contributed by atoms with E-state index in [0.717, 1.165) is 10.8 Å². The van der Waals surface area contributed by atoms with Gasteiger partial charge < -0.3 is 30.2 Å². The lowest BCUT2D eigenvalue weighted by Crippen LogP contribution is -2.38. The number of fused-ring (bicyclic) bond motifs is 1.